The zero-order chi connectivity index (χ0) is 16.4. The van der Waals surface area contributed by atoms with Crippen LogP contribution in [0.4, 0.5) is 0 Å². The molecule has 23 heavy (non-hydrogen) atoms. The predicted octanol–water partition coefficient (Wildman–Crippen LogP) is 2.79. The summed E-state index contributed by atoms with van der Waals surface area (Å²) in [7, 11) is 0. The van der Waals surface area contributed by atoms with Crippen LogP contribution in [0.2, 0.25) is 0 Å². The molecule has 0 spiro atoms. The fourth-order valence-corrected chi connectivity index (χ4v) is 3.21. The summed E-state index contributed by atoms with van der Waals surface area (Å²) in [5.74, 6) is 0.775. The molecule has 5 nitrogen and oxygen atoms in total. The van der Waals surface area contributed by atoms with Crippen LogP contribution in [0.25, 0.3) is 5.82 Å². The minimum atomic E-state index is -0.0525. The van der Waals surface area contributed by atoms with Crippen LogP contribution in [-0.2, 0) is 4.74 Å². The topological polar surface area (TPSA) is 56.1 Å². The highest BCUT2D eigenvalue weighted by Crippen LogP contribution is 2.20. The molecule has 5 heteroatoms. The van der Waals surface area contributed by atoms with E-state index in [1.54, 1.807) is 6.20 Å². The van der Waals surface area contributed by atoms with Crippen molar-refractivity contribution in [2.45, 2.75) is 45.8 Å². The first-order chi connectivity index (χ1) is 11.1. The van der Waals surface area contributed by atoms with Gasteiger partial charge in [-0.15, -0.1) is 0 Å². The number of amides is 1. The van der Waals surface area contributed by atoms with E-state index < -0.39 is 0 Å². The van der Waals surface area contributed by atoms with Crippen LogP contribution in [0.5, 0.6) is 0 Å². The van der Waals surface area contributed by atoms with Crippen molar-refractivity contribution in [1.82, 2.24) is 14.9 Å². The summed E-state index contributed by atoms with van der Waals surface area (Å²) in [5, 5.41) is 3.07. The number of nitrogens with one attached hydrogen (secondary N) is 1. The van der Waals surface area contributed by atoms with Crippen molar-refractivity contribution in [1.29, 1.82) is 0 Å². The lowest BCUT2D eigenvalue weighted by molar-refractivity contribution is 0.0712. The molecule has 122 valence electrons. The number of ether oxygens (including phenoxy) is 1. The van der Waals surface area contributed by atoms with E-state index in [1.807, 2.05) is 49.6 Å². The predicted molar refractivity (Wildman–Crippen MR) is 88.9 cm³/mol. The highest BCUT2D eigenvalue weighted by molar-refractivity contribution is 5.96. The number of nitrogens with zero attached hydrogens (tertiary/aromatic N) is 2. The van der Waals surface area contributed by atoms with Crippen LogP contribution in [-0.4, -0.2) is 34.2 Å². The number of hydrogen-bond acceptors (Lipinski definition) is 3. The van der Waals surface area contributed by atoms with Crippen LogP contribution in [0.15, 0.2) is 30.5 Å². The Labute approximate surface area is 136 Å². The smallest absolute Gasteiger partial charge is 0.253 e. The van der Waals surface area contributed by atoms with E-state index in [1.165, 1.54) is 0 Å². The second-order valence-electron chi connectivity index (χ2n) is 6.12. The Morgan fingerprint density at radius 1 is 1.43 bits per heavy atom. The molecule has 2 atom stereocenters. The van der Waals surface area contributed by atoms with E-state index in [2.05, 4.69) is 10.3 Å². The second-order valence-corrected chi connectivity index (χ2v) is 6.12. The normalized spacial score (nSPS) is 18.8. The minimum absolute atomic E-state index is 0.0166. The zero-order valence-electron chi connectivity index (χ0n) is 13.9. The van der Waals surface area contributed by atoms with Gasteiger partial charge in [-0.2, -0.15) is 0 Å². The molecule has 3 rings (SSSR count). The molecule has 1 aliphatic heterocycles. The molecule has 0 bridgehead atoms. The van der Waals surface area contributed by atoms with Gasteiger partial charge in [-0.05, 0) is 51.8 Å². The SMILES string of the molecule is Cc1cc(C(=O)N[C@H](C)[C@H]2CCCO2)c(C)n1-c1ccccn1. The summed E-state index contributed by atoms with van der Waals surface area (Å²) >= 11 is 0. The van der Waals surface area contributed by atoms with Gasteiger partial charge in [0.25, 0.3) is 5.91 Å². The number of aromatic nitrogens is 2. The molecule has 1 N–H and O–H groups in total. The average molecular weight is 313 g/mol. The van der Waals surface area contributed by atoms with Crippen LogP contribution in [0, 0.1) is 13.8 Å². The lowest BCUT2D eigenvalue weighted by atomic mass is 10.1. The molecular formula is C18H23N3O2. The molecule has 1 saturated heterocycles. The van der Waals surface area contributed by atoms with Gasteiger partial charge in [0.2, 0.25) is 0 Å². The Morgan fingerprint density at radius 2 is 2.26 bits per heavy atom. The highest BCUT2D eigenvalue weighted by Gasteiger charge is 2.25. The van der Waals surface area contributed by atoms with Crippen molar-refractivity contribution in [3.05, 3.63) is 47.4 Å². The Kier molecular flexibility index (Phi) is 4.48. The van der Waals surface area contributed by atoms with Crippen LogP contribution >= 0.6 is 0 Å². The van der Waals surface area contributed by atoms with Crippen molar-refractivity contribution in [3.8, 4) is 5.82 Å². The first kappa shape index (κ1) is 15.7. The van der Waals surface area contributed by atoms with E-state index in [4.69, 9.17) is 4.74 Å². The van der Waals surface area contributed by atoms with Crippen LogP contribution < -0.4 is 5.32 Å². The van der Waals surface area contributed by atoms with E-state index in [9.17, 15) is 4.79 Å². The Hall–Kier alpha value is -2.14. The summed E-state index contributed by atoms with van der Waals surface area (Å²) in [5.41, 5.74) is 2.59. The third-order valence-electron chi connectivity index (χ3n) is 4.44. The Balaban J connectivity index is 1.82. The highest BCUT2D eigenvalue weighted by atomic mass is 16.5. The van der Waals surface area contributed by atoms with Gasteiger partial charge < -0.3 is 14.6 Å². The van der Waals surface area contributed by atoms with Gasteiger partial charge in [-0.3, -0.25) is 4.79 Å². The number of hydrogen-bond donors (Lipinski definition) is 1. The van der Waals surface area contributed by atoms with Gasteiger partial charge >= 0.3 is 0 Å². The maximum absolute atomic E-state index is 12.6. The third kappa shape index (κ3) is 3.15. The van der Waals surface area contributed by atoms with Crippen molar-refractivity contribution in [2.75, 3.05) is 6.61 Å². The number of carbonyl (C=O) groups is 1. The summed E-state index contributed by atoms with van der Waals surface area (Å²) in [6, 6.07) is 7.70. The molecule has 2 aromatic heterocycles. The number of rotatable bonds is 4. The Bertz CT molecular complexity index is 688. The van der Waals surface area contributed by atoms with Crippen molar-refractivity contribution < 1.29 is 9.53 Å². The zero-order valence-corrected chi connectivity index (χ0v) is 13.9. The molecule has 3 heterocycles. The molecular weight excluding hydrogens is 290 g/mol. The summed E-state index contributed by atoms with van der Waals surface area (Å²) in [4.78, 5) is 17.0. The number of pyridine rings is 1. The quantitative estimate of drug-likeness (QED) is 0.944. The summed E-state index contributed by atoms with van der Waals surface area (Å²) in [6.45, 7) is 6.74. The Morgan fingerprint density at radius 3 is 2.91 bits per heavy atom. The first-order valence-electron chi connectivity index (χ1n) is 8.10. The molecule has 1 aliphatic rings. The number of carbonyl (C=O) groups excluding carboxylic acids is 1. The lowest BCUT2D eigenvalue weighted by Crippen LogP contribution is -2.40. The van der Waals surface area contributed by atoms with Gasteiger partial charge in [0.15, 0.2) is 0 Å². The molecule has 0 aromatic carbocycles. The van der Waals surface area contributed by atoms with Crippen molar-refractivity contribution in [2.24, 2.45) is 0 Å². The second kappa shape index (κ2) is 6.54. The molecule has 1 fully saturated rings. The van der Waals surface area contributed by atoms with E-state index in [0.29, 0.717) is 5.56 Å². The van der Waals surface area contributed by atoms with Gasteiger partial charge in [-0.25, -0.2) is 4.98 Å². The maximum atomic E-state index is 12.6. The first-order valence-corrected chi connectivity index (χ1v) is 8.10. The number of aryl methyl sites for hydroxylation is 1. The van der Waals surface area contributed by atoms with Gasteiger partial charge in [0.05, 0.1) is 17.7 Å². The van der Waals surface area contributed by atoms with Crippen LogP contribution in [0.3, 0.4) is 0 Å². The molecule has 0 aliphatic carbocycles. The van der Waals surface area contributed by atoms with Gasteiger partial charge in [0.1, 0.15) is 5.82 Å². The average Bonchev–Trinajstić information content (AvgIpc) is 3.16. The van der Waals surface area contributed by atoms with Gasteiger partial charge in [0, 0.05) is 24.2 Å². The largest absolute Gasteiger partial charge is 0.376 e. The molecule has 1 amide bonds. The van der Waals surface area contributed by atoms with Gasteiger partial charge in [-0.1, -0.05) is 6.07 Å². The standard InChI is InChI=1S/C18H23N3O2/c1-12-11-15(14(3)21(12)17-8-4-5-9-19-17)18(22)20-13(2)16-7-6-10-23-16/h4-5,8-9,11,13,16H,6-7,10H2,1-3H3,(H,20,22)/t13-,16-/m1/s1. The minimum Gasteiger partial charge on any atom is -0.376 e. The summed E-state index contributed by atoms with van der Waals surface area (Å²) in [6.07, 6.45) is 3.96. The van der Waals surface area contributed by atoms with Crippen LogP contribution in [0.1, 0.15) is 41.5 Å². The van der Waals surface area contributed by atoms with E-state index in [0.717, 1.165) is 36.7 Å². The third-order valence-corrected chi connectivity index (χ3v) is 4.44. The lowest BCUT2D eigenvalue weighted by Gasteiger charge is -2.20. The van der Waals surface area contributed by atoms with E-state index >= 15 is 0 Å². The monoisotopic (exact) mass is 313 g/mol. The fourth-order valence-electron chi connectivity index (χ4n) is 3.21. The van der Waals surface area contributed by atoms with Crippen molar-refractivity contribution in [3.63, 3.8) is 0 Å². The fraction of sp³-hybridized carbons (Fsp3) is 0.444. The molecule has 0 saturated carbocycles. The molecule has 0 radical (unpaired) electrons. The summed E-state index contributed by atoms with van der Waals surface area (Å²) < 4.78 is 7.66. The maximum Gasteiger partial charge on any atom is 0.253 e. The van der Waals surface area contributed by atoms with E-state index in [-0.39, 0.29) is 18.1 Å². The van der Waals surface area contributed by atoms with Crippen molar-refractivity contribution >= 4 is 5.91 Å². The molecule has 2 aromatic rings. The molecule has 0 unspecified atom stereocenters.